The average molecular weight is 1390 g/mol. The minimum Gasteiger partial charge on any atom is -0.394 e. The fourth-order valence-corrected chi connectivity index (χ4v) is 8.23. The summed E-state index contributed by atoms with van der Waals surface area (Å²) in [5, 5.41) is 37.9. The molecule has 0 spiro atoms. The molecule has 9 atom stereocenters. The van der Waals surface area contributed by atoms with Crippen molar-refractivity contribution in [3.8, 4) is 35.5 Å². The van der Waals surface area contributed by atoms with Crippen molar-refractivity contribution >= 4 is 47.0 Å². The lowest BCUT2D eigenvalue weighted by atomic mass is 10.1. The van der Waals surface area contributed by atoms with Gasteiger partial charge in [-0.15, -0.1) is 0 Å². The number of nitrogens with two attached hydrogens (primary N) is 1. The number of anilines is 3. The van der Waals surface area contributed by atoms with Crippen molar-refractivity contribution in [2.75, 3.05) is 69.4 Å². The minimum absolute atomic E-state index is 0. The van der Waals surface area contributed by atoms with E-state index in [0.717, 1.165) is 26.8 Å². The van der Waals surface area contributed by atoms with Gasteiger partial charge in [0.15, 0.2) is 11.6 Å². The number of halogens is 9. The van der Waals surface area contributed by atoms with Gasteiger partial charge in [0.05, 0.1) is 74.0 Å². The number of amides is 5. The van der Waals surface area contributed by atoms with Crippen molar-refractivity contribution in [1.82, 2.24) is 44.6 Å². The number of carbonyl (C=O) groups excluding carboxylic acids is 5. The van der Waals surface area contributed by atoms with E-state index in [9.17, 15) is 88.1 Å². The maximum Gasteiger partial charge on any atom is 0.471 e. The molecule has 5 amide bonds. The molecule has 6 heterocycles. The van der Waals surface area contributed by atoms with E-state index in [1.807, 2.05) is 6.92 Å². The molecule has 3 saturated heterocycles. The third-order valence-corrected chi connectivity index (χ3v) is 12.4. The van der Waals surface area contributed by atoms with Crippen LogP contribution in [0.4, 0.5) is 57.0 Å². The molecule has 0 saturated carbocycles. The summed E-state index contributed by atoms with van der Waals surface area (Å²) in [5.74, 6) is 5.89. The van der Waals surface area contributed by atoms with E-state index >= 15 is 0 Å². The highest BCUT2D eigenvalue weighted by Gasteiger charge is 2.42. The highest BCUT2D eigenvalue weighted by Crippen LogP contribution is 2.34. The predicted octanol–water partition coefficient (Wildman–Crippen LogP) is 2.17. The van der Waals surface area contributed by atoms with Crippen LogP contribution in [0.3, 0.4) is 0 Å². The van der Waals surface area contributed by atoms with E-state index in [-0.39, 0.29) is 81.0 Å². The second-order valence-corrected chi connectivity index (χ2v) is 19.0. The molecular formula is C51H58F9N21O16. The van der Waals surface area contributed by atoms with Gasteiger partial charge in [0.25, 0.3) is 0 Å². The largest absolute Gasteiger partial charge is 0.471 e. The zero-order valence-electron chi connectivity index (χ0n) is 49.7. The second-order valence-electron chi connectivity index (χ2n) is 19.0. The van der Waals surface area contributed by atoms with Crippen LogP contribution in [-0.4, -0.2) is 177 Å². The van der Waals surface area contributed by atoms with E-state index < -0.39 is 153 Å². The molecule has 9 N–H and O–H groups in total. The number of ether oxygens (including phenoxy) is 6. The number of aliphatic hydroxyl groups excluding tert-OH is 2. The van der Waals surface area contributed by atoms with Crippen LogP contribution in [0.2, 0.25) is 0 Å². The molecule has 3 aromatic rings. The molecule has 3 aromatic heterocycles. The molecule has 3 aliphatic rings. The third-order valence-electron chi connectivity index (χ3n) is 12.4. The van der Waals surface area contributed by atoms with Gasteiger partial charge in [-0.1, -0.05) is 65.2 Å². The Morgan fingerprint density at radius 3 is 1.18 bits per heavy atom. The molecule has 6 rings (SSSR count). The first-order valence-electron chi connectivity index (χ1n) is 27.1. The SMILES string of the molecule is C.CC(=O)Nc1nc(=O)n(C2CC(OCN=[N+]=[N-])C(CO)O2)cc1C#CCNC(=O)C(F)(F)F.CCC1OC(n2cc(C#CCNC(=O)C(F)(F)F)c(NC(C)=O)nc2=O)CC1OCN=[N+]=[N-].[N-]=[N+]=NCOC1CC(n2cc(C#CCNC(=O)C(F)(F)F)c(N)nc2=O)OC1CO. The zero-order chi connectivity index (χ0) is 71.5. The summed E-state index contributed by atoms with van der Waals surface area (Å²) in [7, 11) is 0. The Bertz CT molecular complexity index is 3670. The Morgan fingerprint density at radius 2 is 0.876 bits per heavy atom. The first-order chi connectivity index (χ1) is 45.3. The summed E-state index contributed by atoms with van der Waals surface area (Å²) in [4.78, 5) is 111. The molecule has 0 radical (unpaired) electrons. The summed E-state index contributed by atoms with van der Waals surface area (Å²) < 4.78 is 146. The molecular weight excluding hydrogens is 1330 g/mol. The predicted molar refractivity (Wildman–Crippen MR) is 310 cm³/mol. The average Bonchev–Trinajstić information content (AvgIpc) is 1.76. The molecule has 37 nitrogen and oxygen atoms in total. The summed E-state index contributed by atoms with van der Waals surface area (Å²) in [5.41, 5.74) is 28.2. The normalized spacial score (nSPS) is 19.8. The number of hydrogen-bond acceptors (Lipinski definition) is 23. The number of nitrogens with one attached hydrogen (secondary N) is 5. The Balaban J connectivity index is 0.000000377. The van der Waals surface area contributed by atoms with Crippen LogP contribution in [0, 0.1) is 35.5 Å². The van der Waals surface area contributed by atoms with E-state index in [2.05, 4.69) is 91.2 Å². The van der Waals surface area contributed by atoms with E-state index in [4.69, 9.17) is 50.7 Å². The number of azide groups is 3. The minimum atomic E-state index is -5.07. The van der Waals surface area contributed by atoms with Crippen molar-refractivity contribution in [2.45, 2.75) is 128 Å². The third kappa shape index (κ3) is 25.3. The molecule has 46 heteroatoms. The van der Waals surface area contributed by atoms with E-state index in [0.29, 0.717) is 6.42 Å². The fraction of sp³-hybridized carbons (Fsp3) is 0.549. The van der Waals surface area contributed by atoms with Crippen LogP contribution >= 0.6 is 0 Å². The number of alkyl halides is 9. The number of rotatable bonds is 20. The van der Waals surface area contributed by atoms with Gasteiger partial charge in [-0.25, -0.2) is 14.4 Å². The topological polar surface area (TPSA) is 518 Å². The molecule has 3 aliphatic heterocycles. The second kappa shape index (κ2) is 38.1. The van der Waals surface area contributed by atoms with Crippen LogP contribution in [0.15, 0.2) is 48.3 Å². The molecule has 0 bridgehead atoms. The number of aliphatic hydroxyl groups is 2. The summed E-state index contributed by atoms with van der Waals surface area (Å²) in [6.07, 6.45) is -17.3. The van der Waals surface area contributed by atoms with Crippen molar-refractivity contribution in [2.24, 2.45) is 15.3 Å². The van der Waals surface area contributed by atoms with Crippen LogP contribution in [0.25, 0.3) is 31.3 Å². The summed E-state index contributed by atoms with van der Waals surface area (Å²) in [6.45, 7) is 0.493. The molecule has 9 unspecified atom stereocenters. The monoisotopic (exact) mass is 1390 g/mol. The number of hydrogen-bond donors (Lipinski definition) is 8. The Kier molecular flexibility index (Phi) is 31.7. The van der Waals surface area contributed by atoms with Gasteiger partial charge in [-0.2, -0.15) is 54.5 Å². The van der Waals surface area contributed by atoms with Gasteiger partial charge in [0.2, 0.25) is 11.8 Å². The Hall–Kier alpha value is -10.6. The van der Waals surface area contributed by atoms with Gasteiger partial charge in [-0.05, 0) is 23.0 Å². The van der Waals surface area contributed by atoms with Crippen molar-refractivity contribution in [3.05, 3.63) is 98.1 Å². The zero-order valence-corrected chi connectivity index (χ0v) is 49.7. The van der Waals surface area contributed by atoms with Gasteiger partial charge >= 0.3 is 53.3 Å². The Labute approximate surface area is 538 Å². The highest BCUT2D eigenvalue weighted by atomic mass is 19.4. The smallest absolute Gasteiger partial charge is 0.394 e. The lowest BCUT2D eigenvalue weighted by Gasteiger charge is -2.16. The maximum atomic E-state index is 12.5. The number of nitrogen functional groups attached to an aromatic ring is 1. The van der Waals surface area contributed by atoms with E-state index in [1.54, 1.807) is 16.0 Å². The van der Waals surface area contributed by atoms with Crippen LogP contribution in [-0.2, 0) is 52.4 Å². The number of aromatic nitrogens is 6. The number of nitrogens with zero attached hydrogens (tertiary/aromatic N) is 15. The van der Waals surface area contributed by atoms with Gasteiger partial charge in [0, 0.05) is 66.4 Å². The Morgan fingerprint density at radius 1 is 0.577 bits per heavy atom. The van der Waals surface area contributed by atoms with Gasteiger partial charge in [0.1, 0.15) is 56.9 Å². The molecule has 0 aromatic carbocycles. The first-order valence-corrected chi connectivity index (χ1v) is 27.1. The quantitative estimate of drug-likeness (QED) is 0.0264. The van der Waals surface area contributed by atoms with Crippen molar-refractivity contribution in [3.63, 3.8) is 0 Å². The summed E-state index contributed by atoms with van der Waals surface area (Å²) in [6, 6.07) is 0. The molecule has 3 fully saturated rings. The van der Waals surface area contributed by atoms with Gasteiger partial charge in [-0.3, -0.25) is 37.7 Å². The highest BCUT2D eigenvalue weighted by molar-refractivity contribution is 5.89. The van der Waals surface area contributed by atoms with Gasteiger partial charge < -0.3 is 71.0 Å². The standard InChI is InChI=1S/C18H20F3N7O5.C17H18F3N7O6.C15H16F3N7O5.CH4/c1-3-12-13(32-9-24-27-22)7-14(33-12)28-8-11(15(25-10(2)29)26-17(28)31)5-4-6-23-16(30)18(19,20)21;1-9(29)24-14-10(3-2-4-22-15(30)17(18,19)20)6-27(16(31)25-14)13-5-11(12(7-28)33-13)32-8-23-26-21;16-15(17,18)13(27)21-3-1-2-8-5-25(14(28)23-12(8)19)11-4-9(10(6-26)30-11)29-7-22-24-20;/h8,12-14H,3,6-7,9H2,1-2H3,(H,23,30)(H,25,26,29,31);6,11-13,28H,4-5,7-8H2,1H3,(H,22,30)(H,24,25,29,31);5,9-11,26H,3-4,6-7H2,(H,21,27)(H2,19,23,28);1H4. The maximum absolute atomic E-state index is 12.5. The fourth-order valence-electron chi connectivity index (χ4n) is 8.23. The lowest BCUT2D eigenvalue weighted by molar-refractivity contribution is -0.173. The first kappa shape index (κ1) is 80.7. The summed E-state index contributed by atoms with van der Waals surface area (Å²) >= 11 is 0. The van der Waals surface area contributed by atoms with Crippen LogP contribution < -0.4 is 49.4 Å². The van der Waals surface area contributed by atoms with Crippen LogP contribution in [0.5, 0.6) is 0 Å². The molecule has 526 valence electrons. The van der Waals surface area contributed by atoms with Crippen LogP contribution in [0.1, 0.15) is 89.3 Å². The van der Waals surface area contributed by atoms with Crippen molar-refractivity contribution < 1.29 is 102 Å². The van der Waals surface area contributed by atoms with Crippen molar-refractivity contribution in [1.29, 1.82) is 0 Å². The van der Waals surface area contributed by atoms with E-state index in [1.165, 1.54) is 19.3 Å². The lowest BCUT2D eigenvalue weighted by Crippen LogP contribution is -2.36. The number of carbonyl (C=O) groups is 5. The molecule has 0 aliphatic carbocycles. The molecule has 97 heavy (non-hydrogen) atoms.